The summed E-state index contributed by atoms with van der Waals surface area (Å²) >= 11 is 0. The molecule has 1 saturated carbocycles. The van der Waals surface area contributed by atoms with Crippen molar-refractivity contribution in [3.05, 3.63) is 24.3 Å². The average Bonchev–Trinajstić information content (AvgIpc) is 3.20. The first-order chi connectivity index (χ1) is 8.62. The van der Waals surface area contributed by atoms with Crippen molar-refractivity contribution in [3.8, 4) is 5.75 Å². The lowest BCUT2D eigenvalue weighted by Gasteiger charge is -2.13. The molecule has 0 unspecified atom stereocenters. The first kappa shape index (κ1) is 12.4. The van der Waals surface area contributed by atoms with Gasteiger partial charge in [0.2, 0.25) is 5.91 Å². The van der Waals surface area contributed by atoms with E-state index in [1.807, 2.05) is 0 Å². The smallest absolute Gasteiger partial charge is 0.321 e. The molecule has 1 aromatic carbocycles. The zero-order valence-electron chi connectivity index (χ0n) is 10.4. The molecule has 0 atom stereocenters. The molecule has 0 aromatic heterocycles. The van der Waals surface area contributed by atoms with Crippen LogP contribution in [0.1, 0.15) is 12.8 Å². The van der Waals surface area contributed by atoms with Gasteiger partial charge in [0.25, 0.3) is 0 Å². The highest BCUT2D eigenvalue weighted by Crippen LogP contribution is 2.47. The highest BCUT2D eigenvalue weighted by atomic mass is 16.5. The minimum absolute atomic E-state index is 0.306. The molecule has 1 amide bonds. The zero-order chi connectivity index (χ0) is 13.2. The van der Waals surface area contributed by atoms with Gasteiger partial charge in [0, 0.05) is 5.69 Å². The summed E-state index contributed by atoms with van der Waals surface area (Å²) in [4.78, 5) is 23.5. The quantitative estimate of drug-likeness (QED) is 0.650. The fourth-order valence-electron chi connectivity index (χ4n) is 1.77. The lowest BCUT2D eigenvalue weighted by molar-refractivity contribution is -0.150. The summed E-state index contributed by atoms with van der Waals surface area (Å²) in [6, 6.07) is 6.94. The summed E-state index contributed by atoms with van der Waals surface area (Å²) in [5.41, 5.74) is -0.342. The normalized spacial score (nSPS) is 15.7. The molecule has 0 bridgehead atoms. The van der Waals surface area contributed by atoms with E-state index in [0.717, 1.165) is 0 Å². The zero-order valence-corrected chi connectivity index (χ0v) is 10.4. The van der Waals surface area contributed by atoms with E-state index >= 15 is 0 Å². The Morgan fingerprint density at radius 2 is 1.78 bits per heavy atom. The Labute approximate surface area is 105 Å². The van der Waals surface area contributed by atoms with Gasteiger partial charge in [-0.2, -0.15) is 0 Å². The van der Waals surface area contributed by atoms with E-state index in [-0.39, 0.29) is 5.91 Å². The monoisotopic (exact) mass is 249 g/mol. The molecule has 0 aliphatic heterocycles. The van der Waals surface area contributed by atoms with E-state index < -0.39 is 11.4 Å². The van der Waals surface area contributed by atoms with E-state index in [2.05, 4.69) is 10.1 Å². The van der Waals surface area contributed by atoms with E-state index in [9.17, 15) is 9.59 Å². The van der Waals surface area contributed by atoms with Crippen LogP contribution >= 0.6 is 0 Å². The summed E-state index contributed by atoms with van der Waals surface area (Å²) in [7, 11) is 2.87. The van der Waals surface area contributed by atoms with Gasteiger partial charge in [0.05, 0.1) is 14.2 Å². The Hall–Kier alpha value is -2.04. The maximum absolute atomic E-state index is 12.0. The second kappa shape index (κ2) is 4.68. The largest absolute Gasteiger partial charge is 0.497 e. The van der Waals surface area contributed by atoms with Crippen molar-refractivity contribution in [1.82, 2.24) is 0 Å². The van der Waals surface area contributed by atoms with Crippen molar-refractivity contribution in [1.29, 1.82) is 0 Å². The van der Waals surface area contributed by atoms with E-state index in [1.165, 1.54) is 7.11 Å². The lowest BCUT2D eigenvalue weighted by Crippen LogP contribution is -2.32. The fraction of sp³-hybridized carbons (Fsp3) is 0.385. The van der Waals surface area contributed by atoms with Gasteiger partial charge in [-0.15, -0.1) is 0 Å². The van der Waals surface area contributed by atoms with Gasteiger partial charge < -0.3 is 14.8 Å². The van der Waals surface area contributed by atoms with Crippen molar-refractivity contribution < 1.29 is 19.1 Å². The highest BCUT2D eigenvalue weighted by Gasteiger charge is 2.57. The average molecular weight is 249 g/mol. The number of carbonyl (C=O) groups is 2. The summed E-state index contributed by atoms with van der Waals surface area (Å²) < 4.78 is 9.68. The van der Waals surface area contributed by atoms with Gasteiger partial charge in [-0.25, -0.2) is 0 Å². The van der Waals surface area contributed by atoms with Gasteiger partial charge in [-0.1, -0.05) is 0 Å². The fourth-order valence-corrected chi connectivity index (χ4v) is 1.77. The molecule has 2 rings (SSSR count). The summed E-state index contributed by atoms with van der Waals surface area (Å²) in [6.45, 7) is 0. The lowest BCUT2D eigenvalue weighted by atomic mass is 10.1. The number of benzene rings is 1. The molecule has 0 spiro atoms. The molecule has 1 aliphatic carbocycles. The van der Waals surface area contributed by atoms with E-state index in [0.29, 0.717) is 24.3 Å². The van der Waals surface area contributed by atoms with Crippen LogP contribution in [-0.4, -0.2) is 26.1 Å². The first-order valence-corrected chi connectivity index (χ1v) is 5.66. The molecule has 0 saturated heterocycles. The maximum Gasteiger partial charge on any atom is 0.321 e. The van der Waals surface area contributed by atoms with Crippen molar-refractivity contribution in [2.45, 2.75) is 12.8 Å². The Morgan fingerprint density at radius 3 is 2.22 bits per heavy atom. The third-order valence-corrected chi connectivity index (χ3v) is 3.11. The minimum Gasteiger partial charge on any atom is -0.497 e. The maximum atomic E-state index is 12.0. The topological polar surface area (TPSA) is 64.6 Å². The summed E-state index contributed by atoms with van der Waals surface area (Å²) in [6.07, 6.45) is 1.09. The van der Waals surface area contributed by atoms with Gasteiger partial charge in [0.1, 0.15) is 11.2 Å². The van der Waals surface area contributed by atoms with Crippen LogP contribution in [0.5, 0.6) is 5.75 Å². The Bertz CT molecular complexity index is 462. The molecule has 0 radical (unpaired) electrons. The van der Waals surface area contributed by atoms with Crippen molar-refractivity contribution in [3.63, 3.8) is 0 Å². The van der Waals surface area contributed by atoms with Crippen LogP contribution in [0.4, 0.5) is 5.69 Å². The predicted octanol–water partition coefficient (Wildman–Crippen LogP) is 1.59. The van der Waals surface area contributed by atoms with Crippen LogP contribution in [0.2, 0.25) is 0 Å². The van der Waals surface area contributed by atoms with Crippen molar-refractivity contribution in [2.75, 3.05) is 19.5 Å². The van der Waals surface area contributed by atoms with Crippen molar-refractivity contribution >= 4 is 17.6 Å². The molecule has 0 heterocycles. The van der Waals surface area contributed by atoms with Gasteiger partial charge in [0.15, 0.2) is 0 Å². The molecule has 1 fully saturated rings. The number of rotatable bonds is 4. The number of hydrogen-bond donors (Lipinski definition) is 1. The highest BCUT2D eigenvalue weighted by molar-refractivity contribution is 6.11. The number of hydrogen-bond acceptors (Lipinski definition) is 4. The number of ether oxygens (including phenoxy) is 2. The molecular weight excluding hydrogens is 234 g/mol. The molecular formula is C13H15NO4. The number of esters is 1. The molecule has 5 nitrogen and oxygen atoms in total. The Morgan fingerprint density at radius 1 is 1.17 bits per heavy atom. The van der Waals surface area contributed by atoms with Crippen LogP contribution in [0.3, 0.4) is 0 Å². The number of methoxy groups -OCH3 is 2. The van der Waals surface area contributed by atoms with E-state index in [4.69, 9.17) is 4.74 Å². The van der Waals surface area contributed by atoms with Gasteiger partial charge >= 0.3 is 5.97 Å². The van der Waals surface area contributed by atoms with Crippen LogP contribution in [0.25, 0.3) is 0 Å². The van der Waals surface area contributed by atoms with Crippen molar-refractivity contribution in [2.24, 2.45) is 5.41 Å². The van der Waals surface area contributed by atoms with E-state index in [1.54, 1.807) is 31.4 Å². The van der Waals surface area contributed by atoms with Crippen LogP contribution < -0.4 is 10.1 Å². The second-order valence-electron chi connectivity index (χ2n) is 4.26. The molecule has 18 heavy (non-hydrogen) atoms. The molecule has 5 heteroatoms. The number of amides is 1. The molecule has 1 aromatic rings. The number of carbonyl (C=O) groups excluding carboxylic acids is 2. The first-order valence-electron chi connectivity index (χ1n) is 5.66. The van der Waals surface area contributed by atoms with Gasteiger partial charge in [-0.05, 0) is 37.1 Å². The Balaban J connectivity index is 2.05. The summed E-state index contributed by atoms with van der Waals surface area (Å²) in [5, 5.41) is 2.72. The van der Waals surface area contributed by atoms with Gasteiger partial charge in [-0.3, -0.25) is 9.59 Å². The van der Waals surface area contributed by atoms with Crippen LogP contribution in [-0.2, 0) is 14.3 Å². The third kappa shape index (κ3) is 2.16. The second-order valence-corrected chi connectivity index (χ2v) is 4.26. The predicted molar refractivity (Wildman–Crippen MR) is 65.3 cm³/mol. The third-order valence-electron chi connectivity index (χ3n) is 3.11. The molecule has 1 N–H and O–H groups in total. The standard InChI is InChI=1S/C13H15NO4/c1-17-10-5-3-9(4-6-10)14-11(15)13(7-8-13)12(16)18-2/h3-6H,7-8H2,1-2H3,(H,14,15). The van der Waals surface area contributed by atoms with Crippen LogP contribution in [0, 0.1) is 5.41 Å². The molecule has 96 valence electrons. The van der Waals surface area contributed by atoms with Crippen LogP contribution in [0.15, 0.2) is 24.3 Å². The minimum atomic E-state index is -0.978. The summed E-state index contributed by atoms with van der Waals surface area (Å²) in [5.74, 6) is -0.0601. The number of nitrogens with one attached hydrogen (secondary N) is 1. The number of anilines is 1. The molecule has 1 aliphatic rings. The Kier molecular flexibility index (Phi) is 3.23. The SMILES string of the molecule is COC(=O)C1(C(=O)Nc2ccc(OC)cc2)CC1.